The molecule has 0 aliphatic heterocycles. The molecule has 2 nitrogen and oxygen atoms in total. The highest BCUT2D eigenvalue weighted by Gasteiger charge is 2.24. The number of rotatable bonds is 4. The number of ether oxygens (including phenoxy) is 1. The topological polar surface area (TPSA) is 26.3 Å². The Balaban J connectivity index is 1.65. The van der Waals surface area contributed by atoms with Crippen molar-refractivity contribution in [2.24, 2.45) is 5.92 Å². The van der Waals surface area contributed by atoms with Gasteiger partial charge in [0.2, 0.25) is 0 Å². The van der Waals surface area contributed by atoms with Crippen LogP contribution in [0.1, 0.15) is 51.4 Å². The van der Waals surface area contributed by atoms with Crippen molar-refractivity contribution >= 4 is 5.78 Å². The molecule has 2 saturated carbocycles. The second-order valence-electron chi connectivity index (χ2n) is 4.67. The monoisotopic (exact) mass is 196 g/mol. The standard InChI is InChI=1S/C12H20O2/c13-12(9-14-11-7-4-8-11)10-5-2-1-3-6-10/h10-11H,1-9H2. The lowest BCUT2D eigenvalue weighted by molar-refractivity contribution is -0.132. The Morgan fingerprint density at radius 1 is 1.00 bits per heavy atom. The van der Waals surface area contributed by atoms with E-state index in [9.17, 15) is 4.79 Å². The molecule has 2 fully saturated rings. The maximum absolute atomic E-state index is 11.7. The van der Waals surface area contributed by atoms with Gasteiger partial charge < -0.3 is 4.74 Å². The molecule has 2 aliphatic carbocycles. The molecule has 80 valence electrons. The number of hydrogen-bond acceptors (Lipinski definition) is 2. The lowest BCUT2D eigenvalue weighted by Gasteiger charge is -2.27. The van der Waals surface area contributed by atoms with Crippen molar-refractivity contribution in [3.05, 3.63) is 0 Å². The maximum atomic E-state index is 11.7. The largest absolute Gasteiger partial charge is 0.370 e. The normalized spacial score (nSPS) is 24.6. The van der Waals surface area contributed by atoms with Crippen LogP contribution in [0, 0.1) is 5.92 Å². The number of carbonyl (C=O) groups excluding carboxylic acids is 1. The van der Waals surface area contributed by atoms with Gasteiger partial charge in [-0.15, -0.1) is 0 Å². The summed E-state index contributed by atoms with van der Waals surface area (Å²) in [6.07, 6.45) is 10.0. The Morgan fingerprint density at radius 3 is 2.29 bits per heavy atom. The minimum atomic E-state index is 0.323. The number of Topliss-reactive ketones (excluding diaryl/α,β-unsaturated/α-hetero) is 1. The number of ketones is 1. The molecule has 0 unspecified atom stereocenters. The van der Waals surface area contributed by atoms with Gasteiger partial charge in [0.25, 0.3) is 0 Å². The summed E-state index contributed by atoms with van der Waals surface area (Å²) >= 11 is 0. The van der Waals surface area contributed by atoms with Gasteiger partial charge in [-0.05, 0) is 32.1 Å². The minimum Gasteiger partial charge on any atom is -0.370 e. The van der Waals surface area contributed by atoms with E-state index in [0.717, 1.165) is 25.7 Å². The van der Waals surface area contributed by atoms with Gasteiger partial charge in [-0.1, -0.05) is 19.3 Å². The van der Waals surface area contributed by atoms with Gasteiger partial charge in [0, 0.05) is 5.92 Å². The highest BCUT2D eigenvalue weighted by atomic mass is 16.5. The van der Waals surface area contributed by atoms with Crippen LogP contribution in [0.2, 0.25) is 0 Å². The van der Waals surface area contributed by atoms with Crippen molar-refractivity contribution in [1.29, 1.82) is 0 Å². The van der Waals surface area contributed by atoms with Crippen LogP contribution >= 0.6 is 0 Å². The highest BCUT2D eigenvalue weighted by Crippen LogP contribution is 2.26. The molecule has 0 bridgehead atoms. The summed E-state index contributed by atoms with van der Waals surface area (Å²) in [5, 5.41) is 0. The Kier molecular flexibility index (Phi) is 3.57. The summed E-state index contributed by atoms with van der Waals surface area (Å²) in [5.41, 5.74) is 0. The van der Waals surface area contributed by atoms with Gasteiger partial charge in [-0.3, -0.25) is 4.79 Å². The van der Waals surface area contributed by atoms with E-state index in [1.807, 2.05) is 0 Å². The van der Waals surface area contributed by atoms with E-state index in [-0.39, 0.29) is 0 Å². The van der Waals surface area contributed by atoms with Crippen LogP contribution in [0.4, 0.5) is 0 Å². The van der Waals surface area contributed by atoms with Crippen LogP contribution < -0.4 is 0 Å². The third kappa shape index (κ3) is 2.57. The number of hydrogen-bond donors (Lipinski definition) is 0. The Bertz CT molecular complexity index is 190. The summed E-state index contributed by atoms with van der Waals surface area (Å²) in [4.78, 5) is 11.7. The Hall–Kier alpha value is -0.370. The van der Waals surface area contributed by atoms with Gasteiger partial charge in [0.05, 0.1) is 6.10 Å². The molecule has 14 heavy (non-hydrogen) atoms. The van der Waals surface area contributed by atoms with E-state index < -0.39 is 0 Å². The van der Waals surface area contributed by atoms with Crippen LogP contribution in [0.15, 0.2) is 0 Å². The maximum Gasteiger partial charge on any atom is 0.161 e. The van der Waals surface area contributed by atoms with E-state index in [0.29, 0.717) is 24.4 Å². The highest BCUT2D eigenvalue weighted by molar-refractivity contribution is 5.82. The zero-order chi connectivity index (χ0) is 9.80. The molecular weight excluding hydrogens is 176 g/mol. The van der Waals surface area contributed by atoms with Gasteiger partial charge in [-0.2, -0.15) is 0 Å². The van der Waals surface area contributed by atoms with Crippen LogP contribution in [0.25, 0.3) is 0 Å². The van der Waals surface area contributed by atoms with Gasteiger partial charge >= 0.3 is 0 Å². The third-order valence-corrected chi connectivity index (χ3v) is 3.57. The quantitative estimate of drug-likeness (QED) is 0.691. The van der Waals surface area contributed by atoms with Crippen molar-refractivity contribution in [1.82, 2.24) is 0 Å². The first-order valence-corrected chi connectivity index (χ1v) is 6.00. The summed E-state index contributed by atoms with van der Waals surface area (Å²) < 4.78 is 5.54. The van der Waals surface area contributed by atoms with Crippen molar-refractivity contribution in [2.45, 2.75) is 57.5 Å². The fourth-order valence-corrected chi connectivity index (χ4v) is 2.28. The van der Waals surface area contributed by atoms with Gasteiger partial charge in [0.1, 0.15) is 6.61 Å². The molecule has 0 radical (unpaired) electrons. The van der Waals surface area contributed by atoms with Crippen molar-refractivity contribution in [2.75, 3.05) is 6.61 Å². The van der Waals surface area contributed by atoms with Crippen molar-refractivity contribution in [3.8, 4) is 0 Å². The Labute approximate surface area is 86.0 Å². The fraction of sp³-hybridized carbons (Fsp3) is 0.917. The SMILES string of the molecule is O=C(COC1CCC1)C1CCCCC1. The first kappa shape index (κ1) is 10.2. The first-order valence-electron chi connectivity index (χ1n) is 6.00. The molecule has 0 heterocycles. The van der Waals surface area contributed by atoms with E-state index in [1.165, 1.54) is 25.7 Å². The Morgan fingerprint density at radius 2 is 1.71 bits per heavy atom. The molecule has 0 aromatic carbocycles. The zero-order valence-corrected chi connectivity index (χ0v) is 8.84. The average molecular weight is 196 g/mol. The molecule has 2 rings (SSSR count). The fourth-order valence-electron chi connectivity index (χ4n) is 2.28. The second kappa shape index (κ2) is 4.92. The van der Waals surface area contributed by atoms with Crippen LogP contribution in [-0.2, 0) is 9.53 Å². The minimum absolute atomic E-state index is 0.323. The smallest absolute Gasteiger partial charge is 0.161 e. The van der Waals surface area contributed by atoms with Crippen LogP contribution in [0.3, 0.4) is 0 Å². The molecule has 0 spiro atoms. The van der Waals surface area contributed by atoms with E-state index in [1.54, 1.807) is 0 Å². The summed E-state index contributed by atoms with van der Waals surface area (Å²) in [6, 6.07) is 0. The van der Waals surface area contributed by atoms with Crippen LogP contribution in [-0.4, -0.2) is 18.5 Å². The van der Waals surface area contributed by atoms with Gasteiger partial charge in [-0.25, -0.2) is 0 Å². The third-order valence-electron chi connectivity index (χ3n) is 3.57. The molecule has 0 atom stereocenters. The molecule has 0 amide bonds. The summed E-state index contributed by atoms with van der Waals surface area (Å²) in [6.45, 7) is 0.384. The number of carbonyl (C=O) groups is 1. The predicted octanol–water partition coefficient (Wildman–Crippen LogP) is 2.70. The second-order valence-corrected chi connectivity index (χ2v) is 4.67. The zero-order valence-electron chi connectivity index (χ0n) is 8.84. The predicted molar refractivity (Wildman–Crippen MR) is 55.2 cm³/mol. The molecule has 0 saturated heterocycles. The molecule has 2 aliphatic rings. The van der Waals surface area contributed by atoms with E-state index >= 15 is 0 Å². The molecule has 0 N–H and O–H groups in total. The lowest BCUT2D eigenvalue weighted by atomic mass is 9.86. The lowest BCUT2D eigenvalue weighted by Crippen LogP contribution is -2.28. The molecular formula is C12H20O2. The van der Waals surface area contributed by atoms with Gasteiger partial charge in [0.15, 0.2) is 5.78 Å². The summed E-state index contributed by atoms with van der Waals surface area (Å²) in [5.74, 6) is 0.681. The van der Waals surface area contributed by atoms with E-state index in [2.05, 4.69) is 0 Å². The molecule has 0 aromatic rings. The van der Waals surface area contributed by atoms with E-state index in [4.69, 9.17) is 4.74 Å². The molecule has 2 heteroatoms. The van der Waals surface area contributed by atoms with Crippen LogP contribution in [0.5, 0.6) is 0 Å². The molecule has 0 aromatic heterocycles. The van der Waals surface area contributed by atoms with Crippen molar-refractivity contribution < 1.29 is 9.53 Å². The average Bonchev–Trinajstić information content (AvgIpc) is 2.16. The summed E-state index contributed by atoms with van der Waals surface area (Å²) in [7, 11) is 0. The first-order chi connectivity index (χ1) is 6.86. The van der Waals surface area contributed by atoms with Crippen molar-refractivity contribution in [3.63, 3.8) is 0 Å².